The average molecular weight is 547 g/mol. The smallest absolute Gasteiger partial charge is 0.274 e. The molecule has 0 radical (unpaired) electrons. The van der Waals surface area contributed by atoms with Gasteiger partial charge in [-0.05, 0) is 60.0 Å². The summed E-state index contributed by atoms with van der Waals surface area (Å²) in [5.41, 5.74) is 4.73. The predicted octanol–water partition coefficient (Wildman–Crippen LogP) is 6.88. The number of hydrogen-bond acceptors (Lipinski definition) is 5. The number of nitrogens with zero attached hydrogens (tertiary/aromatic N) is 2. The van der Waals surface area contributed by atoms with Crippen molar-refractivity contribution in [1.82, 2.24) is 9.78 Å². The SMILES string of the molecule is Cc1nn(Cc2ccc3c(c2)OCO3)c(=O)c(/C=C/c2cccc(F)c2)c1-c1ccccc1OCc1ccccc1. The lowest BCUT2D eigenvalue weighted by atomic mass is 9.97. The summed E-state index contributed by atoms with van der Waals surface area (Å²) in [4.78, 5) is 14.0. The lowest BCUT2D eigenvalue weighted by Gasteiger charge is -2.17. The number of hydrogen-bond donors (Lipinski definition) is 0. The fourth-order valence-corrected chi connectivity index (χ4v) is 4.86. The minimum atomic E-state index is -0.349. The van der Waals surface area contributed by atoms with Gasteiger partial charge in [0.1, 0.15) is 18.2 Å². The van der Waals surface area contributed by atoms with Crippen LogP contribution in [0.15, 0.2) is 102 Å². The van der Waals surface area contributed by atoms with Gasteiger partial charge in [0.2, 0.25) is 6.79 Å². The molecule has 1 aliphatic rings. The van der Waals surface area contributed by atoms with Crippen LogP contribution in [0.2, 0.25) is 0 Å². The van der Waals surface area contributed by atoms with Gasteiger partial charge in [0, 0.05) is 11.1 Å². The van der Waals surface area contributed by atoms with Crippen molar-refractivity contribution in [3.05, 3.63) is 141 Å². The van der Waals surface area contributed by atoms with Gasteiger partial charge in [-0.3, -0.25) is 4.79 Å². The summed E-state index contributed by atoms with van der Waals surface area (Å²) in [6, 6.07) is 29.3. The first kappa shape index (κ1) is 26.1. The first-order valence-electron chi connectivity index (χ1n) is 13.3. The number of para-hydroxylation sites is 1. The molecule has 0 N–H and O–H groups in total. The standard InChI is InChI=1S/C34H27FN2O4/c1-23-33(28-12-5-6-13-30(28)39-21-25-8-3-2-4-9-25)29(16-14-24-10-7-11-27(35)18-24)34(38)37(36-23)20-26-15-17-31-32(19-26)41-22-40-31/h2-19H,20-22H2,1H3/b16-14+. The molecule has 41 heavy (non-hydrogen) atoms. The van der Waals surface area contributed by atoms with Crippen LogP contribution >= 0.6 is 0 Å². The third kappa shape index (κ3) is 5.75. The molecule has 0 aliphatic carbocycles. The Kier molecular flexibility index (Phi) is 7.32. The highest BCUT2D eigenvalue weighted by atomic mass is 19.1. The fourth-order valence-electron chi connectivity index (χ4n) is 4.86. The van der Waals surface area contributed by atoms with E-state index in [0.717, 1.165) is 16.7 Å². The summed E-state index contributed by atoms with van der Waals surface area (Å²) in [5.74, 6) is 1.60. The van der Waals surface area contributed by atoms with Gasteiger partial charge in [-0.15, -0.1) is 0 Å². The largest absolute Gasteiger partial charge is 0.488 e. The maximum absolute atomic E-state index is 14.0. The molecule has 0 bridgehead atoms. The summed E-state index contributed by atoms with van der Waals surface area (Å²) < 4.78 is 32.5. The molecule has 7 heteroatoms. The number of aryl methyl sites for hydroxylation is 1. The van der Waals surface area contributed by atoms with Crippen molar-refractivity contribution in [2.24, 2.45) is 0 Å². The van der Waals surface area contributed by atoms with E-state index in [2.05, 4.69) is 0 Å². The van der Waals surface area contributed by atoms with Crippen LogP contribution in [0.5, 0.6) is 17.2 Å². The second-order valence-corrected chi connectivity index (χ2v) is 9.68. The van der Waals surface area contributed by atoms with Gasteiger partial charge >= 0.3 is 0 Å². The normalized spacial score (nSPS) is 12.1. The average Bonchev–Trinajstić information content (AvgIpc) is 3.46. The molecule has 4 aromatic carbocycles. The second kappa shape index (κ2) is 11.5. The highest BCUT2D eigenvalue weighted by molar-refractivity contribution is 5.84. The monoisotopic (exact) mass is 546 g/mol. The summed E-state index contributed by atoms with van der Waals surface area (Å²) in [5, 5.41) is 4.71. The van der Waals surface area contributed by atoms with Crippen LogP contribution < -0.4 is 19.8 Å². The highest BCUT2D eigenvalue weighted by Crippen LogP contribution is 2.35. The maximum Gasteiger partial charge on any atom is 0.274 e. The number of aromatic nitrogens is 2. The van der Waals surface area contributed by atoms with E-state index in [-0.39, 0.29) is 24.7 Å². The molecule has 1 aliphatic heterocycles. The molecule has 1 aromatic heterocycles. The lowest BCUT2D eigenvalue weighted by Crippen LogP contribution is -2.27. The molecule has 204 valence electrons. The van der Waals surface area contributed by atoms with Crippen LogP contribution in [0.25, 0.3) is 23.3 Å². The van der Waals surface area contributed by atoms with Crippen molar-refractivity contribution in [1.29, 1.82) is 0 Å². The third-order valence-corrected chi connectivity index (χ3v) is 6.82. The summed E-state index contributed by atoms with van der Waals surface area (Å²) in [6.07, 6.45) is 3.46. The molecular weight excluding hydrogens is 519 g/mol. The second-order valence-electron chi connectivity index (χ2n) is 9.68. The quantitative estimate of drug-likeness (QED) is 0.212. The molecule has 6 nitrogen and oxygen atoms in total. The van der Waals surface area contributed by atoms with E-state index in [1.165, 1.54) is 16.8 Å². The van der Waals surface area contributed by atoms with Crippen molar-refractivity contribution >= 4 is 12.2 Å². The van der Waals surface area contributed by atoms with Gasteiger partial charge < -0.3 is 14.2 Å². The van der Waals surface area contributed by atoms with Crippen LogP contribution in [0.4, 0.5) is 4.39 Å². The fraction of sp³-hybridized carbons (Fsp3) is 0.118. The molecule has 0 fully saturated rings. The molecular formula is C34H27FN2O4. The molecule has 0 atom stereocenters. The van der Waals surface area contributed by atoms with Gasteiger partial charge in [-0.1, -0.05) is 72.8 Å². The Labute approximate surface area is 236 Å². The topological polar surface area (TPSA) is 62.6 Å². The third-order valence-electron chi connectivity index (χ3n) is 6.82. The minimum Gasteiger partial charge on any atom is -0.488 e. The molecule has 0 amide bonds. The number of halogens is 1. The Morgan fingerprint density at radius 3 is 2.54 bits per heavy atom. The Balaban J connectivity index is 1.44. The zero-order valence-electron chi connectivity index (χ0n) is 22.4. The van der Waals surface area contributed by atoms with Crippen molar-refractivity contribution in [2.45, 2.75) is 20.1 Å². The van der Waals surface area contributed by atoms with Crippen molar-refractivity contribution in [2.75, 3.05) is 6.79 Å². The van der Waals surface area contributed by atoms with Crippen molar-refractivity contribution < 1.29 is 18.6 Å². The van der Waals surface area contributed by atoms with Crippen LogP contribution in [0, 0.1) is 12.7 Å². The van der Waals surface area contributed by atoms with E-state index >= 15 is 0 Å². The van der Waals surface area contributed by atoms with Crippen LogP contribution in [-0.4, -0.2) is 16.6 Å². The lowest BCUT2D eigenvalue weighted by molar-refractivity contribution is 0.174. The zero-order chi connectivity index (χ0) is 28.2. The molecule has 2 heterocycles. The number of fused-ring (bicyclic) bond motifs is 1. The van der Waals surface area contributed by atoms with E-state index < -0.39 is 0 Å². The summed E-state index contributed by atoms with van der Waals surface area (Å²) in [7, 11) is 0. The Hall–Kier alpha value is -5.17. The van der Waals surface area contributed by atoms with Crippen LogP contribution in [-0.2, 0) is 13.2 Å². The molecule has 0 saturated carbocycles. The number of ether oxygens (including phenoxy) is 3. The van der Waals surface area contributed by atoms with Gasteiger partial charge in [0.25, 0.3) is 5.56 Å². The Morgan fingerprint density at radius 1 is 0.878 bits per heavy atom. The summed E-state index contributed by atoms with van der Waals surface area (Å²) in [6.45, 7) is 2.66. The van der Waals surface area contributed by atoms with E-state index in [0.29, 0.717) is 46.2 Å². The van der Waals surface area contributed by atoms with E-state index in [1.807, 2.05) is 79.7 Å². The van der Waals surface area contributed by atoms with E-state index in [1.54, 1.807) is 24.3 Å². The Morgan fingerprint density at radius 2 is 1.68 bits per heavy atom. The molecule has 0 unspecified atom stereocenters. The summed E-state index contributed by atoms with van der Waals surface area (Å²) >= 11 is 0. The van der Waals surface area contributed by atoms with Gasteiger partial charge in [0.15, 0.2) is 11.5 Å². The number of benzene rings is 4. The Bertz CT molecular complexity index is 1800. The van der Waals surface area contributed by atoms with Crippen molar-refractivity contribution in [3.63, 3.8) is 0 Å². The predicted molar refractivity (Wildman–Crippen MR) is 156 cm³/mol. The highest BCUT2D eigenvalue weighted by Gasteiger charge is 2.20. The maximum atomic E-state index is 14.0. The molecule has 6 rings (SSSR count). The van der Waals surface area contributed by atoms with Crippen LogP contribution in [0.3, 0.4) is 0 Å². The van der Waals surface area contributed by atoms with Gasteiger partial charge in [0.05, 0.1) is 17.8 Å². The van der Waals surface area contributed by atoms with Gasteiger partial charge in [-0.25, -0.2) is 9.07 Å². The minimum absolute atomic E-state index is 0.172. The molecule has 0 spiro atoms. The first-order chi connectivity index (χ1) is 20.0. The molecule has 5 aromatic rings. The molecule has 0 saturated heterocycles. The zero-order valence-corrected chi connectivity index (χ0v) is 22.4. The van der Waals surface area contributed by atoms with E-state index in [4.69, 9.17) is 19.3 Å². The van der Waals surface area contributed by atoms with E-state index in [9.17, 15) is 9.18 Å². The van der Waals surface area contributed by atoms with Gasteiger partial charge in [-0.2, -0.15) is 5.10 Å². The van der Waals surface area contributed by atoms with Crippen LogP contribution in [0.1, 0.15) is 27.9 Å². The first-order valence-corrected chi connectivity index (χ1v) is 13.3. The number of rotatable bonds is 8. The van der Waals surface area contributed by atoms with Crippen molar-refractivity contribution in [3.8, 4) is 28.4 Å².